The number of ether oxygens (including phenoxy) is 5. The van der Waals surface area contributed by atoms with Crippen molar-refractivity contribution in [2.24, 2.45) is 0 Å². The van der Waals surface area contributed by atoms with Gasteiger partial charge in [0.15, 0.2) is 6.10 Å². The lowest BCUT2D eigenvalue weighted by Gasteiger charge is -2.45. The number of carbonyl (C=O) groups is 2. The third-order valence-electron chi connectivity index (χ3n) is 6.82. The average molecular weight is 524 g/mol. The van der Waals surface area contributed by atoms with Crippen LogP contribution in [0.4, 0.5) is 10.5 Å². The summed E-state index contributed by atoms with van der Waals surface area (Å²) < 4.78 is 34.0. The number of methoxy groups -OCH3 is 1. The van der Waals surface area contributed by atoms with E-state index in [0.29, 0.717) is 28.7 Å². The number of rotatable bonds is 7. The molecule has 3 heterocycles. The fraction of sp³-hybridized carbons (Fsp3) is 0.393. The first-order chi connectivity index (χ1) is 18.2. The first-order valence-corrected chi connectivity index (χ1v) is 12.3. The van der Waals surface area contributed by atoms with Crippen molar-refractivity contribution in [2.45, 2.75) is 63.8 Å². The van der Waals surface area contributed by atoms with E-state index >= 15 is 0 Å². The van der Waals surface area contributed by atoms with Crippen LogP contribution < -0.4 is 15.7 Å². The third-order valence-corrected chi connectivity index (χ3v) is 6.82. The minimum Gasteiger partial charge on any atom is -0.460 e. The van der Waals surface area contributed by atoms with Crippen LogP contribution in [-0.4, -0.2) is 49.4 Å². The lowest BCUT2D eigenvalue weighted by atomic mass is 9.89. The molecule has 4 atom stereocenters. The fourth-order valence-corrected chi connectivity index (χ4v) is 4.93. The average Bonchev–Trinajstić information content (AvgIpc) is 3.27. The van der Waals surface area contributed by atoms with Gasteiger partial charge in [-0.3, -0.25) is 4.79 Å². The van der Waals surface area contributed by atoms with E-state index < -0.39 is 42.0 Å². The molecule has 2 aliphatic rings. The fourth-order valence-electron chi connectivity index (χ4n) is 4.93. The molecule has 1 N–H and O–H groups in total. The maximum Gasteiger partial charge on any atom is 0.509 e. The largest absolute Gasteiger partial charge is 0.509 e. The first kappa shape index (κ1) is 25.7. The van der Waals surface area contributed by atoms with Gasteiger partial charge in [0.1, 0.15) is 23.1 Å². The molecule has 1 amide bonds. The van der Waals surface area contributed by atoms with Gasteiger partial charge in [0, 0.05) is 24.5 Å². The van der Waals surface area contributed by atoms with Gasteiger partial charge >= 0.3 is 11.8 Å². The van der Waals surface area contributed by atoms with Crippen LogP contribution in [0.2, 0.25) is 0 Å². The summed E-state index contributed by atoms with van der Waals surface area (Å²) in [6, 6.07) is 14.6. The van der Waals surface area contributed by atoms with E-state index in [1.165, 1.54) is 7.11 Å². The zero-order valence-electron chi connectivity index (χ0n) is 21.5. The molecule has 3 aromatic rings. The van der Waals surface area contributed by atoms with Gasteiger partial charge in [0.05, 0.1) is 5.60 Å². The maximum atomic E-state index is 12.7. The summed E-state index contributed by atoms with van der Waals surface area (Å²) in [5, 5.41) is 3.25. The molecule has 10 nitrogen and oxygen atoms in total. The van der Waals surface area contributed by atoms with E-state index in [2.05, 4.69) is 5.32 Å². The Morgan fingerprint density at radius 2 is 1.79 bits per heavy atom. The smallest absolute Gasteiger partial charge is 0.460 e. The highest BCUT2D eigenvalue weighted by atomic mass is 16.8. The molecular formula is C28H29NO9. The van der Waals surface area contributed by atoms with Crippen molar-refractivity contribution in [3.8, 4) is 5.75 Å². The Balaban J connectivity index is 1.34. The van der Waals surface area contributed by atoms with Crippen LogP contribution in [0.25, 0.3) is 11.0 Å². The summed E-state index contributed by atoms with van der Waals surface area (Å²) in [4.78, 5) is 37.0. The number of carbonyl (C=O) groups excluding carboxylic acids is 2. The predicted molar refractivity (Wildman–Crippen MR) is 136 cm³/mol. The van der Waals surface area contributed by atoms with E-state index in [4.69, 9.17) is 28.1 Å². The highest BCUT2D eigenvalue weighted by molar-refractivity contribution is 5.93. The molecule has 1 aromatic heterocycles. The minimum absolute atomic E-state index is 0.0597. The Kier molecular flexibility index (Phi) is 6.85. The van der Waals surface area contributed by atoms with Gasteiger partial charge in [-0.05, 0) is 51.0 Å². The van der Waals surface area contributed by atoms with Gasteiger partial charge in [-0.15, -0.1) is 0 Å². The predicted octanol–water partition coefficient (Wildman–Crippen LogP) is 4.11. The maximum absolute atomic E-state index is 12.7. The number of hydrogen-bond acceptors (Lipinski definition) is 9. The van der Waals surface area contributed by atoms with Gasteiger partial charge in [0.2, 0.25) is 18.3 Å². The Labute approximate surface area is 218 Å². The number of hydrogen-bond donors (Lipinski definition) is 1. The zero-order chi connectivity index (χ0) is 27.0. The number of nitrogens with one attached hydrogen (secondary N) is 1. The number of amides is 1. The third kappa shape index (κ3) is 4.97. The molecule has 0 spiro atoms. The van der Waals surface area contributed by atoms with E-state index in [1.54, 1.807) is 25.1 Å². The lowest BCUT2D eigenvalue weighted by molar-refractivity contribution is -0.282. The molecule has 200 valence electrons. The van der Waals surface area contributed by atoms with Gasteiger partial charge in [0.25, 0.3) is 0 Å². The van der Waals surface area contributed by atoms with E-state index in [1.807, 2.05) is 44.2 Å². The van der Waals surface area contributed by atoms with Crippen molar-refractivity contribution >= 4 is 28.7 Å². The molecular weight excluding hydrogens is 494 g/mol. The molecule has 10 heteroatoms. The second-order valence-electron chi connectivity index (χ2n) is 9.87. The van der Waals surface area contributed by atoms with Gasteiger partial charge in [-0.1, -0.05) is 30.3 Å². The van der Waals surface area contributed by atoms with Crippen LogP contribution in [0.15, 0.2) is 57.7 Å². The second kappa shape index (κ2) is 10.1. The summed E-state index contributed by atoms with van der Waals surface area (Å²) in [6.07, 6.45) is -3.15. The molecule has 0 bridgehead atoms. The highest BCUT2D eigenvalue weighted by Crippen LogP contribution is 2.39. The molecule has 0 radical (unpaired) electrons. The second-order valence-corrected chi connectivity index (χ2v) is 9.87. The number of benzene rings is 2. The van der Waals surface area contributed by atoms with Crippen molar-refractivity contribution in [2.75, 3.05) is 12.4 Å². The minimum atomic E-state index is -0.987. The van der Waals surface area contributed by atoms with Crippen molar-refractivity contribution in [1.29, 1.82) is 0 Å². The summed E-state index contributed by atoms with van der Waals surface area (Å²) in [6.45, 7) is 5.35. The van der Waals surface area contributed by atoms with Gasteiger partial charge in [-0.25, -0.2) is 9.59 Å². The van der Waals surface area contributed by atoms with E-state index in [0.717, 1.165) is 5.56 Å². The highest BCUT2D eigenvalue weighted by Gasteiger charge is 2.59. The molecule has 2 aromatic carbocycles. The lowest BCUT2D eigenvalue weighted by Crippen LogP contribution is -2.62. The summed E-state index contributed by atoms with van der Waals surface area (Å²) in [5.41, 5.74) is 0.407. The Hall–Kier alpha value is -3.89. The molecule has 38 heavy (non-hydrogen) atoms. The standard InChI is InChI=1S/C28H29NO9/c1-15-19(34-26-23-22(36-27(32)37-23)24(33-4)28(2,3)38-26)12-11-17-14-18(25(31)35-21(15)17)29-20(30)13-10-16-8-6-5-7-9-16/h5-9,11-12,14,22-24,26H,10,13H2,1-4H3,(H,29,30). The van der Waals surface area contributed by atoms with Crippen molar-refractivity contribution < 1.29 is 37.7 Å². The van der Waals surface area contributed by atoms with Crippen LogP contribution >= 0.6 is 0 Å². The van der Waals surface area contributed by atoms with Crippen molar-refractivity contribution in [1.82, 2.24) is 0 Å². The summed E-state index contributed by atoms with van der Waals surface area (Å²) in [5.74, 6) is 0.0881. The Bertz CT molecular complexity index is 1420. The normalized spacial score (nSPS) is 23.8. The monoisotopic (exact) mass is 523 g/mol. The van der Waals surface area contributed by atoms with Crippen LogP contribution in [0, 0.1) is 6.92 Å². The number of aryl methyl sites for hydroxylation is 2. The topological polar surface area (TPSA) is 123 Å². The zero-order valence-corrected chi connectivity index (χ0v) is 21.5. The van der Waals surface area contributed by atoms with Crippen molar-refractivity contribution in [3.05, 3.63) is 70.1 Å². The Morgan fingerprint density at radius 1 is 1.05 bits per heavy atom. The number of anilines is 1. The number of fused-ring (bicyclic) bond motifs is 2. The SMILES string of the molecule is COC1C2OC(=O)OC2C(Oc2ccc3cc(NC(=O)CCc4ccccc4)c(=O)oc3c2C)OC1(C)C. The summed E-state index contributed by atoms with van der Waals surface area (Å²) in [7, 11) is 1.51. The van der Waals surface area contributed by atoms with Gasteiger partial charge in [-0.2, -0.15) is 0 Å². The van der Waals surface area contributed by atoms with Crippen LogP contribution in [0.5, 0.6) is 5.75 Å². The molecule has 2 aliphatic heterocycles. The summed E-state index contributed by atoms with van der Waals surface area (Å²) >= 11 is 0. The molecule has 5 rings (SSSR count). The van der Waals surface area contributed by atoms with Crippen molar-refractivity contribution in [3.63, 3.8) is 0 Å². The van der Waals surface area contributed by atoms with Gasteiger partial charge < -0.3 is 33.4 Å². The molecule has 2 fully saturated rings. The van der Waals surface area contributed by atoms with E-state index in [9.17, 15) is 14.4 Å². The quantitative estimate of drug-likeness (QED) is 0.360. The first-order valence-electron chi connectivity index (χ1n) is 12.3. The molecule has 0 saturated carbocycles. The molecule has 0 aliphatic carbocycles. The van der Waals surface area contributed by atoms with E-state index in [-0.39, 0.29) is 18.0 Å². The molecule has 4 unspecified atom stereocenters. The van der Waals surface area contributed by atoms with Crippen LogP contribution in [0.3, 0.4) is 0 Å². The Morgan fingerprint density at radius 3 is 2.53 bits per heavy atom. The van der Waals surface area contributed by atoms with Crippen LogP contribution in [-0.2, 0) is 30.2 Å². The molecule has 2 saturated heterocycles. The van der Waals surface area contributed by atoms with Crippen LogP contribution in [0.1, 0.15) is 31.4 Å².